The van der Waals surface area contributed by atoms with E-state index in [0.717, 1.165) is 10.8 Å². The minimum absolute atomic E-state index is 0.00427. The molecular weight excluding hydrogens is 354 g/mol. The van der Waals surface area contributed by atoms with Gasteiger partial charge in [-0.25, -0.2) is 0 Å². The molecule has 7 nitrogen and oxygen atoms in total. The minimum atomic E-state index is -0.340. The quantitative estimate of drug-likeness (QED) is 0.453. The smallest absolute Gasteiger partial charge is 0.255 e. The van der Waals surface area contributed by atoms with Crippen LogP contribution in [-0.2, 0) is 0 Å². The summed E-state index contributed by atoms with van der Waals surface area (Å²) < 4.78 is 10.5. The zero-order chi connectivity index (χ0) is 18.5. The Morgan fingerprint density at radius 2 is 2.04 bits per heavy atom. The summed E-state index contributed by atoms with van der Waals surface area (Å²) in [6.07, 6.45) is -0.340. The van der Waals surface area contributed by atoms with Crippen molar-refractivity contribution in [2.45, 2.75) is 13.0 Å². The van der Waals surface area contributed by atoms with E-state index in [1.165, 1.54) is 6.07 Å². The van der Waals surface area contributed by atoms with Gasteiger partial charge < -0.3 is 14.6 Å². The molecule has 0 radical (unpaired) electrons. The van der Waals surface area contributed by atoms with Gasteiger partial charge >= 0.3 is 0 Å². The standard InChI is InChI=1S/C18H17N3O4S/c1-11(24-16-9-15(25-21-16)18(26)20-23)10-19-17(22)14-7-6-12-4-2-3-5-13(12)8-14/h2-9,11,23H,10H2,1H3,(H,19,22)(H,20,26)/t11-/m1/s1. The number of ether oxygens (including phenoxy) is 1. The van der Waals surface area contributed by atoms with Gasteiger partial charge in [0.25, 0.3) is 11.8 Å². The van der Waals surface area contributed by atoms with Crippen molar-refractivity contribution in [1.29, 1.82) is 0 Å². The first-order chi connectivity index (χ1) is 12.6. The predicted octanol–water partition coefficient (Wildman–Crippen LogP) is 2.68. The molecule has 8 heteroatoms. The van der Waals surface area contributed by atoms with Crippen molar-refractivity contribution in [3.63, 3.8) is 0 Å². The molecule has 0 unspecified atom stereocenters. The van der Waals surface area contributed by atoms with E-state index in [9.17, 15) is 4.79 Å². The van der Waals surface area contributed by atoms with Crippen molar-refractivity contribution in [1.82, 2.24) is 16.0 Å². The van der Waals surface area contributed by atoms with Crippen LogP contribution in [0.15, 0.2) is 53.1 Å². The highest BCUT2D eigenvalue weighted by Gasteiger charge is 2.14. The number of hydroxylamine groups is 1. The Morgan fingerprint density at radius 3 is 2.81 bits per heavy atom. The van der Waals surface area contributed by atoms with Gasteiger partial charge in [-0.15, -0.1) is 0 Å². The lowest BCUT2D eigenvalue weighted by molar-refractivity contribution is 0.0929. The molecule has 0 spiro atoms. The van der Waals surface area contributed by atoms with E-state index in [2.05, 4.69) is 10.5 Å². The number of nitrogens with zero attached hydrogens (tertiary/aromatic N) is 1. The number of nitrogens with one attached hydrogen (secondary N) is 2. The van der Waals surface area contributed by atoms with Gasteiger partial charge in [-0.05, 0) is 35.0 Å². The van der Waals surface area contributed by atoms with Crippen LogP contribution in [-0.4, -0.2) is 33.9 Å². The third kappa shape index (κ3) is 4.16. The van der Waals surface area contributed by atoms with Gasteiger partial charge in [0.2, 0.25) is 0 Å². The predicted molar refractivity (Wildman–Crippen MR) is 99.5 cm³/mol. The molecule has 0 fully saturated rings. The molecular formula is C18H17N3O4S. The van der Waals surface area contributed by atoms with Crippen molar-refractivity contribution in [2.24, 2.45) is 0 Å². The molecule has 3 N–H and O–H groups in total. The fraction of sp³-hybridized carbons (Fsp3) is 0.167. The highest BCUT2D eigenvalue weighted by Crippen LogP contribution is 2.16. The molecule has 0 aliphatic heterocycles. The lowest BCUT2D eigenvalue weighted by Crippen LogP contribution is -2.33. The molecule has 0 saturated heterocycles. The van der Waals surface area contributed by atoms with E-state index in [0.29, 0.717) is 5.56 Å². The first kappa shape index (κ1) is 17.8. The van der Waals surface area contributed by atoms with Gasteiger partial charge in [0.15, 0.2) is 10.7 Å². The van der Waals surface area contributed by atoms with Crippen molar-refractivity contribution in [3.05, 3.63) is 59.9 Å². The first-order valence-electron chi connectivity index (χ1n) is 7.91. The van der Waals surface area contributed by atoms with Crippen LogP contribution < -0.4 is 15.5 Å². The number of aromatic nitrogens is 1. The van der Waals surface area contributed by atoms with Crippen molar-refractivity contribution < 1.29 is 19.3 Å². The number of carbonyl (C=O) groups excluding carboxylic acids is 1. The molecule has 3 aromatic rings. The average molecular weight is 371 g/mol. The Labute approximate surface area is 154 Å². The second-order valence-electron chi connectivity index (χ2n) is 5.67. The van der Waals surface area contributed by atoms with Crippen LogP contribution in [0.3, 0.4) is 0 Å². The molecule has 3 rings (SSSR count). The maximum atomic E-state index is 12.3. The molecule has 0 bridgehead atoms. The summed E-state index contributed by atoms with van der Waals surface area (Å²) in [6, 6.07) is 14.9. The van der Waals surface area contributed by atoms with Crippen LogP contribution >= 0.6 is 12.2 Å². The number of thiocarbonyl (C=S) groups is 1. The van der Waals surface area contributed by atoms with Gasteiger partial charge in [-0.2, -0.15) is 0 Å². The molecule has 26 heavy (non-hydrogen) atoms. The van der Waals surface area contributed by atoms with E-state index >= 15 is 0 Å². The molecule has 1 aromatic heterocycles. The zero-order valence-corrected chi connectivity index (χ0v) is 14.7. The number of amides is 1. The van der Waals surface area contributed by atoms with Gasteiger partial charge in [0, 0.05) is 5.56 Å². The number of carbonyl (C=O) groups is 1. The van der Waals surface area contributed by atoms with Crippen LogP contribution in [0.2, 0.25) is 0 Å². The summed E-state index contributed by atoms with van der Waals surface area (Å²) >= 11 is 4.81. The van der Waals surface area contributed by atoms with Crippen LogP contribution in [0, 0.1) is 0 Å². The van der Waals surface area contributed by atoms with E-state index in [4.69, 9.17) is 26.7 Å². The monoisotopic (exact) mass is 371 g/mol. The first-order valence-corrected chi connectivity index (χ1v) is 8.32. The number of hydrogen-bond acceptors (Lipinski definition) is 6. The second-order valence-corrected chi connectivity index (χ2v) is 6.08. The number of rotatable bonds is 6. The summed E-state index contributed by atoms with van der Waals surface area (Å²) in [5, 5.41) is 17.3. The fourth-order valence-electron chi connectivity index (χ4n) is 2.39. The molecule has 0 aliphatic rings. The molecule has 0 saturated carbocycles. The van der Waals surface area contributed by atoms with E-state index in [1.807, 2.05) is 36.4 Å². The SMILES string of the molecule is C[C@H](CNC(=O)c1ccc2ccccc2c1)Oc1cc(C(=S)NO)on1. The zero-order valence-electron chi connectivity index (χ0n) is 13.9. The topological polar surface area (TPSA) is 96.6 Å². The third-order valence-electron chi connectivity index (χ3n) is 3.70. The summed E-state index contributed by atoms with van der Waals surface area (Å²) in [6.45, 7) is 2.08. The van der Waals surface area contributed by atoms with Gasteiger partial charge in [0.05, 0.1) is 12.6 Å². The lowest BCUT2D eigenvalue weighted by Gasteiger charge is -2.13. The Morgan fingerprint density at radius 1 is 1.27 bits per heavy atom. The van der Waals surface area contributed by atoms with Gasteiger partial charge in [-0.3, -0.25) is 15.5 Å². The maximum Gasteiger partial charge on any atom is 0.255 e. The van der Waals surface area contributed by atoms with Crippen LogP contribution in [0.25, 0.3) is 10.8 Å². The van der Waals surface area contributed by atoms with Crippen LogP contribution in [0.5, 0.6) is 5.88 Å². The molecule has 1 amide bonds. The third-order valence-corrected chi connectivity index (χ3v) is 3.99. The van der Waals surface area contributed by atoms with Crippen LogP contribution in [0.1, 0.15) is 23.0 Å². The average Bonchev–Trinajstić information content (AvgIpc) is 3.13. The Bertz CT molecular complexity index is 941. The maximum absolute atomic E-state index is 12.3. The molecule has 1 heterocycles. The Balaban J connectivity index is 1.56. The highest BCUT2D eigenvalue weighted by atomic mass is 32.1. The lowest BCUT2D eigenvalue weighted by atomic mass is 10.1. The summed E-state index contributed by atoms with van der Waals surface area (Å²) in [5.41, 5.74) is 2.39. The molecule has 134 valence electrons. The number of hydrogen-bond donors (Lipinski definition) is 3. The van der Waals surface area contributed by atoms with Gasteiger partial charge in [-0.1, -0.05) is 42.5 Å². The fourth-order valence-corrected chi connectivity index (χ4v) is 2.49. The number of fused-ring (bicyclic) bond motifs is 1. The largest absolute Gasteiger partial charge is 0.471 e. The van der Waals surface area contributed by atoms with Crippen molar-refractivity contribution in [3.8, 4) is 5.88 Å². The molecule has 2 aromatic carbocycles. The van der Waals surface area contributed by atoms with Gasteiger partial charge in [0.1, 0.15) is 6.10 Å². The van der Waals surface area contributed by atoms with Crippen molar-refractivity contribution in [2.75, 3.05) is 6.54 Å². The molecule has 1 atom stereocenters. The summed E-state index contributed by atoms with van der Waals surface area (Å²) in [7, 11) is 0. The summed E-state index contributed by atoms with van der Waals surface area (Å²) in [5.74, 6) is 0.215. The van der Waals surface area contributed by atoms with E-state index < -0.39 is 0 Å². The highest BCUT2D eigenvalue weighted by molar-refractivity contribution is 7.80. The van der Waals surface area contributed by atoms with Crippen LogP contribution in [0.4, 0.5) is 0 Å². The second kappa shape index (κ2) is 7.94. The Hall–Kier alpha value is -2.97. The van der Waals surface area contributed by atoms with Crippen molar-refractivity contribution >= 4 is 33.9 Å². The van der Waals surface area contributed by atoms with E-state index in [1.54, 1.807) is 18.5 Å². The van der Waals surface area contributed by atoms with E-state index in [-0.39, 0.29) is 35.2 Å². The Kier molecular flexibility index (Phi) is 5.45. The summed E-state index contributed by atoms with van der Waals surface area (Å²) in [4.78, 5) is 12.3. The normalized spacial score (nSPS) is 11.8. The minimum Gasteiger partial charge on any atom is -0.471 e. The number of benzene rings is 2. The molecule has 0 aliphatic carbocycles.